The Hall–Kier alpha value is -12.1. The number of benzene rings is 16. The van der Waals surface area contributed by atoms with E-state index in [0.717, 1.165) is 0 Å². The van der Waals surface area contributed by atoms with Crippen molar-refractivity contribution in [2.75, 3.05) is 0 Å². The molecule has 18 aromatic rings. The van der Waals surface area contributed by atoms with Gasteiger partial charge in [-0.2, -0.15) is 0 Å². The van der Waals surface area contributed by atoms with Gasteiger partial charge in [0.1, 0.15) is 0 Å². The minimum Gasteiger partial charge on any atom is -0.309 e. The average Bonchev–Trinajstić information content (AvgIpc) is 1.06. The molecule has 0 aliphatic heterocycles. The third-order valence-corrected chi connectivity index (χ3v) is 18.6. The molecular formula is C90H60N2. The van der Waals surface area contributed by atoms with E-state index < -0.39 is 0 Å². The number of para-hydroxylation sites is 4. The van der Waals surface area contributed by atoms with E-state index in [9.17, 15) is 0 Å². The molecule has 0 atom stereocenters. The third-order valence-electron chi connectivity index (χ3n) is 18.6. The summed E-state index contributed by atoms with van der Waals surface area (Å²) in [6.45, 7) is 0. The van der Waals surface area contributed by atoms with Crippen LogP contribution in [0.15, 0.2) is 364 Å². The molecule has 2 nitrogen and oxygen atoms in total. The van der Waals surface area contributed by atoms with E-state index in [1.54, 1.807) is 0 Å². The Kier molecular flexibility index (Phi) is 13.6. The monoisotopic (exact) mass is 1170 g/mol. The Morgan fingerprint density at radius 3 is 0.500 bits per heavy atom. The molecular weight excluding hydrogens is 1110 g/mol. The summed E-state index contributed by atoms with van der Waals surface area (Å²) < 4.78 is 4.72. The normalized spacial score (nSPS) is 11.5. The molecule has 18 rings (SSSR count). The second-order valence-corrected chi connectivity index (χ2v) is 23.9. The highest BCUT2D eigenvalue weighted by Gasteiger charge is 2.22. The van der Waals surface area contributed by atoms with Crippen LogP contribution in [0.5, 0.6) is 0 Å². The molecule has 0 aliphatic rings. The molecule has 0 amide bonds. The van der Waals surface area contributed by atoms with Crippen molar-refractivity contribution < 1.29 is 0 Å². The first-order valence-corrected chi connectivity index (χ1v) is 31.7. The van der Waals surface area contributed by atoms with Crippen LogP contribution < -0.4 is 0 Å². The Morgan fingerprint density at radius 1 is 0.130 bits per heavy atom. The average molecular weight is 1170 g/mol. The van der Waals surface area contributed by atoms with Gasteiger partial charge in [-0.1, -0.05) is 279 Å². The van der Waals surface area contributed by atoms with Crippen LogP contribution in [-0.2, 0) is 0 Å². The molecule has 0 fully saturated rings. The zero-order chi connectivity index (χ0) is 60.9. The summed E-state index contributed by atoms with van der Waals surface area (Å²) in [5, 5.41) is 12.6. The summed E-state index contributed by atoms with van der Waals surface area (Å²) in [7, 11) is 0. The van der Waals surface area contributed by atoms with Crippen LogP contribution in [0, 0.1) is 0 Å². The van der Waals surface area contributed by atoms with Gasteiger partial charge >= 0.3 is 0 Å². The van der Waals surface area contributed by atoms with Crippen LogP contribution in [0.25, 0.3) is 165 Å². The summed E-state index contributed by atoms with van der Waals surface area (Å²) in [6, 6.07) is 132. The fourth-order valence-corrected chi connectivity index (χ4v) is 14.3. The van der Waals surface area contributed by atoms with Crippen LogP contribution in [0.2, 0.25) is 0 Å². The molecule has 2 heterocycles. The van der Waals surface area contributed by atoms with Gasteiger partial charge in [0.2, 0.25) is 0 Å². The largest absolute Gasteiger partial charge is 0.309 e. The maximum Gasteiger partial charge on any atom is 0.0541 e. The van der Waals surface area contributed by atoms with Gasteiger partial charge in [-0.25, -0.2) is 0 Å². The summed E-state index contributed by atoms with van der Waals surface area (Å²) in [6.07, 6.45) is 0. The van der Waals surface area contributed by atoms with Crippen molar-refractivity contribution in [1.82, 2.24) is 9.13 Å². The maximum absolute atomic E-state index is 2.46. The van der Waals surface area contributed by atoms with Gasteiger partial charge in [-0.15, -0.1) is 0 Å². The standard InChI is InChI=1S/C54H36.C36H24N2/c1-7-19-37(20-8-1)43-31-49-50(32-44(43)38-21-9-2-10-22-38)52-34-46(40-25-13-4-14-26-40)48(42-29-17-6-18-30-42)36-54(52)53-35-47(41-27-15-5-16-28-41)45(33-51(49)53)39-23-11-3-12-24-39;1-5-13-33-29(9-1)30-10-2-6-14-34(30)37(33)27-21-17-25(18-22-27)26-19-23-28(24-20-26)38-35-15-7-3-11-31(35)32-12-4-8-16-36(32)38/h1-36H;1-24H. The lowest BCUT2D eigenvalue weighted by atomic mass is 9.82. The minimum atomic E-state index is 1.17. The predicted octanol–water partition coefficient (Wildman–Crippen LogP) is 24.7. The second kappa shape index (κ2) is 23.1. The third kappa shape index (κ3) is 9.53. The summed E-state index contributed by atoms with van der Waals surface area (Å²) >= 11 is 0. The predicted molar refractivity (Wildman–Crippen MR) is 392 cm³/mol. The maximum atomic E-state index is 2.46. The second-order valence-electron chi connectivity index (χ2n) is 23.9. The molecule has 0 radical (unpaired) electrons. The highest BCUT2D eigenvalue weighted by molar-refractivity contribution is 6.29. The molecule has 0 unspecified atom stereocenters. The molecule has 0 saturated heterocycles. The quantitative estimate of drug-likeness (QED) is 0.128. The first-order valence-electron chi connectivity index (χ1n) is 31.7. The first-order chi connectivity index (χ1) is 45.7. The van der Waals surface area contributed by atoms with E-state index in [2.05, 4.69) is 373 Å². The Morgan fingerprint density at radius 2 is 0.304 bits per heavy atom. The van der Waals surface area contributed by atoms with Crippen molar-refractivity contribution in [2.45, 2.75) is 0 Å². The van der Waals surface area contributed by atoms with E-state index in [1.165, 1.54) is 165 Å². The Balaban J connectivity index is 0.000000149. The van der Waals surface area contributed by atoms with Crippen molar-refractivity contribution in [3.63, 3.8) is 0 Å². The van der Waals surface area contributed by atoms with E-state index in [0.29, 0.717) is 0 Å². The zero-order valence-electron chi connectivity index (χ0n) is 50.5. The Labute approximate surface area is 535 Å². The van der Waals surface area contributed by atoms with Crippen LogP contribution in [0.3, 0.4) is 0 Å². The molecule has 2 heteroatoms. The van der Waals surface area contributed by atoms with Crippen molar-refractivity contribution in [1.29, 1.82) is 0 Å². The van der Waals surface area contributed by atoms with Gasteiger partial charge in [0.05, 0.1) is 22.1 Å². The topological polar surface area (TPSA) is 9.86 Å². The molecule has 430 valence electrons. The summed E-state index contributed by atoms with van der Waals surface area (Å²) in [5.41, 5.74) is 24.3. The fourth-order valence-electron chi connectivity index (χ4n) is 14.3. The molecule has 0 saturated carbocycles. The summed E-state index contributed by atoms with van der Waals surface area (Å²) in [5.74, 6) is 0. The van der Waals surface area contributed by atoms with Gasteiger partial charge in [0.25, 0.3) is 0 Å². The lowest BCUT2D eigenvalue weighted by molar-refractivity contribution is 1.18. The fraction of sp³-hybridized carbons (Fsp3) is 0. The van der Waals surface area contributed by atoms with Crippen molar-refractivity contribution in [3.8, 4) is 89.3 Å². The molecule has 92 heavy (non-hydrogen) atoms. The van der Waals surface area contributed by atoms with Crippen LogP contribution in [0.1, 0.15) is 0 Å². The summed E-state index contributed by atoms with van der Waals surface area (Å²) in [4.78, 5) is 0. The van der Waals surface area contributed by atoms with Gasteiger partial charge in [-0.05, 0) is 195 Å². The van der Waals surface area contributed by atoms with Gasteiger partial charge < -0.3 is 9.13 Å². The SMILES string of the molecule is c1ccc(-c2cc3c4cc(-c5ccccc5)c(-c5ccccc5)cc4c4cc(-c5ccccc5)c(-c5ccccc5)cc4c3cc2-c2ccccc2)cc1.c1ccc2c(c1)c1ccccc1n2-c1ccc(-c2ccc(-n3c4ccccc4c4ccccc43)cc2)cc1. The zero-order valence-corrected chi connectivity index (χ0v) is 50.5. The highest BCUT2D eigenvalue weighted by Crippen LogP contribution is 2.48. The van der Waals surface area contributed by atoms with Crippen LogP contribution in [-0.4, -0.2) is 9.13 Å². The van der Waals surface area contributed by atoms with Crippen LogP contribution in [0.4, 0.5) is 0 Å². The molecule has 2 aromatic heterocycles. The van der Waals surface area contributed by atoms with E-state index >= 15 is 0 Å². The highest BCUT2D eigenvalue weighted by atomic mass is 15.0. The number of aromatic nitrogens is 2. The van der Waals surface area contributed by atoms with Gasteiger partial charge in [0.15, 0.2) is 0 Å². The number of hydrogen-bond donors (Lipinski definition) is 0. The van der Waals surface area contributed by atoms with Crippen LogP contribution >= 0.6 is 0 Å². The molecule has 16 aromatic carbocycles. The lowest BCUT2D eigenvalue weighted by Crippen LogP contribution is -1.94. The first kappa shape index (κ1) is 54.1. The van der Waals surface area contributed by atoms with Crippen molar-refractivity contribution >= 4 is 75.9 Å². The van der Waals surface area contributed by atoms with Crippen molar-refractivity contribution in [3.05, 3.63) is 364 Å². The van der Waals surface area contributed by atoms with Gasteiger partial charge in [0, 0.05) is 32.9 Å². The van der Waals surface area contributed by atoms with Crippen molar-refractivity contribution in [2.24, 2.45) is 0 Å². The smallest absolute Gasteiger partial charge is 0.0541 e. The Bertz CT molecular complexity index is 4920. The number of fused-ring (bicyclic) bond motifs is 12. The molecule has 0 bridgehead atoms. The number of rotatable bonds is 9. The van der Waals surface area contributed by atoms with E-state index in [-0.39, 0.29) is 0 Å². The number of nitrogens with zero attached hydrogens (tertiary/aromatic N) is 2. The number of hydrogen-bond acceptors (Lipinski definition) is 0. The van der Waals surface area contributed by atoms with E-state index in [1.807, 2.05) is 0 Å². The lowest BCUT2D eigenvalue weighted by Gasteiger charge is -2.21. The van der Waals surface area contributed by atoms with Gasteiger partial charge in [-0.3, -0.25) is 0 Å². The van der Waals surface area contributed by atoms with E-state index in [4.69, 9.17) is 0 Å². The molecule has 0 spiro atoms. The minimum absolute atomic E-state index is 1.17. The molecule has 0 N–H and O–H groups in total. The molecule has 0 aliphatic carbocycles.